The molecule has 0 saturated carbocycles. The van der Waals surface area contributed by atoms with E-state index in [0.717, 1.165) is 12.8 Å². The monoisotopic (exact) mass is 260 g/mol. The van der Waals surface area contributed by atoms with Crippen LogP contribution in [0.25, 0.3) is 0 Å². The fourth-order valence-electron chi connectivity index (χ4n) is 2.01. The summed E-state index contributed by atoms with van der Waals surface area (Å²) in [6.45, 7) is 0. The normalized spacial score (nSPS) is 17.2. The average molecular weight is 260 g/mol. The smallest absolute Gasteiger partial charge is 0.273 e. The second-order valence-corrected chi connectivity index (χ2v) is 4.49. The second-order valence-electron chi connectivity index (χ2n) is 4.49. The number of aromatic hydroxyl groups is 1. The number of para-hydroxylation sites is 1. The van der Waals surface area contributed by atoms with E-state index in [0.29, 0.717) is 6.42 Å². The summed E-state index contributed by atoms with van der Waals surface area (Å²) in [7, 11) is 0. The van der Waals surface area contributed by atoms with Crippen LogP contribution in [0.15, 0.2) is 36.4 Å². The second kappa shape index (κ2) is 6.04. The molecule has 0 spiro atoms. The van der Waals surface area contributed by atoms with Crippen molar-refractivity contribution in [1.82, 2.24) is 10.9 Å². The zero-order valence-electron chi connectivity index (χ0n) is 10.4. The van der Waals surface area contributed by atoms with Gasteiger partial charge in [-0.2, -0.15) is 0 Å². The molecule has 100 valence electrons. The van der Waals surface area contributed by atoms with Crippen LogP contribution in [0, 0.1) is 5.92 Å². The van der Waals surface area contributed by atoms with Crippen molar-refractivity contribution in [3.8, 4) is 5.75 Å². The fraction of sp³-hybridized carbons (Fsp3) is 0.286. The molecule has 2 rings (SSSR count). The van der Waals surface area contributed by atoms with E-state index in [4.69, 9.17) is 0 Å². The van der Waals surface area contributed by atoms with Gasteiger partial charge in [0.15, 0.2) is 0 Å². The van der Waals surface area contributed by atoms with Gasteiger partial charge in [-0.1, -0.05) is 24.3 Å². The summed E-state index contributed by atoms with van der Waals surface area (Å²) in [5, 5.41) is 9.49. The molecule has 3 N–H and O–H groups in total. The number of carbonyl (C=O) groups is 2. The maximum atomic E-state index is 11.7. The molecule has 5 heteroatoms. The minimum absolute atomic E-state index is 0.118. The summed E-state index contributed by atoms with van der Waals surface area (Å²) < 4.78 is 0. The van der Waals surface area contributed by atoms with Crippen molar-refractivity contribution in [2.45, 2.75) is 19.3 Å². The molecule has 2 amide bonds. The van der Waals surface area contributed by atoms with Gasteiger partial charge in [0, 0.05) is 6.42 Å². The van der Waals surface area contributed by atoms with E-state index in [1.165, 1.54) is 12.1 Å². The highest BCUT2D eigenvalue weighted by Crippen LogP contribution is 2.20. The van der Waals surface area contributed by atoms with E-state index in [9.17, 15) is 14.7 Å². The fourth-order valence-corrected chi connectivity index (χ4v) is 2.01. The van der Waals surface area contributed by atoms with Crippen LogP contribution >= 0.6 is 0 Å². The van der Waals surface area contributed by atoms with Gasteiger partial charge in [0.25, 0.3) is 5.91 Å². The first kappa shape index (κ1) is 13.1. The van der Waals surface area contributed by atoms with Gasteiger partial charge in [0.1, 0.15) is 5.75 Å². The molecular weight excluding hydrogens is 244 g/mol. The van der Waals surface area contributed by atoms with E-state index >= 15 is 0 Å². The average Bonchev–Trinajstić information content (AvgIpc) is 2.89. The molecule has 1 aromatic rings. The van der Waals surface area contributed by atoms with Gasteiger partial charge in [0.05, 0.1) is 5.56 Å². The van der Waals surface area contributed by atoms with E-state index in [1.807, 2.05) is 6.08 Å². The summed E-state index contributed by atoms with van der Waals surface area (Å²) in [5.41, 5.74) is 4.77. The van der Waals surface area contributed by atoms with E-state index in [-0.39, 0.29) is 23.1 Å². The van der Waals surface area contributed by atoms with Crippen LogP contribution < -0.4 is 10.9 Å². The minimum Gasteiger partial charge on any atom is -0.507 e. The molecule has 0 fully saturated rings. The quantitative estimate of drug-likeness (QED) is 0.569. The van der Waals surface area contributed by atoms with Gasteiger partial charge in [-0.3, -0.25) is 20.4 Å². The van der Waals surface area contributed by atoms with Gasteiger partial charge >= 0.3 is 0 Å². The number of benzene rings is 1. The lowest BCUT2D eigenvalue weighted by molar-refractivity contribution is -0.122. The number of rotatable bonds is 3. The molecule has 1 aliphatic rings. The summed E-state index contributed by atoms with van der Waals surface area (Å²) in [4.78, 5) is 23.3. The molecular formula is C14H16N2O3. The largest absolute Gasteiger partial charge is 0.507 e. The Morgan fingerprint density at radius 2 is 2.05 bits per heavy atom. The predicted molar refractivity (Wildman–Crippen MR) is 70.2 cm³/mol. The predicted octanol–water partition coefficient (Wildman–Crippen LogP) is 1.51. The Labute approximate surface area is 111 Å². The minimum atomic E-state index is -0.534. The van der Waals surface area contributed by atoms with Crippen LogP contribution in [0.4, 0.5) is 0 Å². The SMILES string of the molecule is O=C(CC1C=CCC1)NNC(=O)c1ccccc1O. The Hall–Kier alpha value is -2.30. The van der Waals surface area contributed by atoms with E-state index < -0.39 is 5.91 Å². The van der Waals surface area contributed by atoms with Crippen LogP contribution in [0.5, 0.6) is 5.75 Å². The summed E-state index contributed by atoms with van der Waals surface area (Å²) in [6.07, 6.45) is 6.41. The molecule has 0 bridgehead atoms. The number of phenolic OH excluding ortho intramolecular Hbond substituents is 1. The van der Waals surface area contributed by atoms with Crippen molar-refractivity contribution in [3.05, 3.63) is 42.0 Å². The number of carbonyl (C=O) groups excluding carboxylic acids is 2. The number of hydrogen-bond acceptors (Lipinski definition) is 3. The number of allylic oxidation sites excluding steroid dienone is 2. The standard InChI is InChI=1S/C14H16N2O3/c17-12-8-4-3-7-11(12)14(19)16-15-13(18)9-10-5-1-2-6-10/h1,3-5,7-8,10,17H,2,6,9H2,(H,15,18)(H,16,19). The number of hydrogen-bond donors (Lipinski definition) is 3. The highest BCUT2D eigenvalue weighted by Gasteiger charge is 2.15. The van der Waals surface area contributed by atoms with Crippen molar-refractivity contribution in [3.63, 3.8) is 0 Å². The number of hydrazine groups is 1. The first-order valence-corrected chi connectivity index (χ1v) is 6.20. The molecule has 0 aromatic heterocycles. The highest BCUT2D eigenvalue weighted by atomic mass is 16.3. The molecule has 0 saturated heterocycles. The Balaban J connectivity index is 1.81. The van der Waals surface area contributed by atoms with Crippen LogP contribution in [0.2, 0.25) is 0 Å². The van der Waals surface area contributed by atoms with Crippen LogP contribution in [-0.2, 0) is 4.79 Å². The van der Waals surface area contributed by atoms with Crippen LogP contribution in [0.1, 0.15) is 29.6 Å². The summed E-state index contributed by atoms with van der Waals surface area (Å²) >= 11 is 0. The zero-order valence-corrected chi connectivity index (χ0v) is 10.4. The molecule has 1 aliphatic carbocycles. The summed E-state index contributed by atoms with van der Waals surface area (Å²) in [6, 6.07) is 6.16. The molecule has 0 aliphatic heterocycles. The Morgan fingerprint density at radius 3 is 2.74 bits per heavy atom. The molecule has 19 heavy (non-hydrogen) atoms. The lowest BCUT2D eigenvalue weighted by Gasteiger charge is -2.10. The Kier molecular flexibility index (Phi) is 4.18. The number of amides is 2. The van der Waals surface area contributed by atoms with Crippen molar-refractivity contribution in [2.24, 2.45) is 5.92 Å². The van der Waals surface area contributed by atoms with Gasteiger partial charge < -0.3 is 5.11 Å². The maximum Gasteiger partial charge on any atom is 0.273 e. The maximum absolute atomic E-state index is 11.7. The van der Waals surface area contributed by atoms with Crippen molar-refractivity contribution < 1.29 is 14.7 Å². The van der Waals surface area contributed by atoms with Crippen molar-refractivity contribution >= 4 is 11.8 Å². The molecule has 1 atom stereocenters. The lowest BCUT2D eigenvalue weighted by atomic mass is 10.1. The zero-order chi connectivity index (χ0) is 13.7. The third kappa shape index (κ3) is 3.58. The molecule has 0 radical (unpaired) electrons. The van der Waals surface area contributed by atoms with Gasteiger partial charge in [-0.25, -0.2) is 0 Å². The van der Waals surface area contributed by atoms with Gasteiger partial charge in [-0.15, -0.1) is 0 Å². The van der Waals surface area contributed by atoms with Crippen molar-refractivity contribution in [1.29, 1.82) is 0 Å². The van der Waals surface area contributed by atoms with Crippen LogP contribution in [-0.4, -0.2) is 16.9 Å². The third-order valence-corrected chi connectivity index (χ3v) is 3.02. The third-order valence-electron chi connectivity index (χ3n) is 3.02. The highest BCUT2D eigenvalue weighted by molar-refractivity contribution is 5.97. The number of nitrogens with one attached hydrogen (secondary N) is 2. The Morgan fingerprint density at radius 1 is 1.26 bits per heavy atom. The van der Waals surface area contributed by atoms with Crippen molar-refractivity contribution in [2.75, 3.05) is 0 Å². The summed E-state index contributed by atoms with van der Waals surface area (Å²) in [5.74, 6) is -0.635. The first-order chi connectivity index (χ1) is 9.16. The molecule has 1 unspecified atom stereocenters. The molecule has 5 nitrogen and oxygen atoms in total. The molecule has 1 aromatic carbocycles. The van der Waals surface area contributed by atoms with Gasteiger partial charge in [-0.05, 0) is 30.9 Å². The Bertz CT molecular complexity index is 511. The lowest BCUT2D eigenvalue weighted by Crippen LogP contribution is -2.42. The van der Waals surface area contributed by atoms with Gasteiger partial charge in [0.2, 0.25) is 5.91 Å². The molecule has 0 heterocycles. The number of phenols is 1. The topological polar surface area (TPSA) is 78.4 Å². The van der Waals surface area contributed by atoms with E-state index in [1.54, 1.807) is 12.1 Å². The van der Waals surface area contributed by atoms with E-state index in [2.05, 4.69) is 16.9 Å². The van der Waals surface area contributed by atoms with Crippen LogP contribution in [0.3, 0.4) is 0 Å². The first-order valence-electron chi connectivity index (χ1n) is 6.20.